The lowest BCUT2D eigenvalue weighted by Gasteiger charge is -2.15. The van der Waals surface area contributed by atoms with Gasteiger partial charge in [0.2, 0.25) is 5.91 Å². The van der Waals surface area contributed by atoms with Gasteiger partial charge in [-0.15, -0.1) is 0 Å². The van der Waals surface area contributed by atoms with Crippen molar-refractivity contribution >= 4 is 17.6 Å². The normalized spacial score (nSPS) is 14.6. The third kappa shape index (κ3) is 7.56. The Kier molecular flexibility index (Phi) is 7.73. The summed E-state index contributed by atoms with van der Waals surface area (Å²) in [6.07, 6.45) is 6.74. The first-order chi connectivity index (χ1) is 12.1. The maximum atomic E-state index is 12.0. The van der Waals surface area contributed by atoms with Crippen molar-refractivity contribution in [3.05, 3.63) is 29.8 Å². The van der Waals surface area contributed by atoms with E-state index in [1.54, 1.807) is 0 Å². The molecule has 0 bridgehead atoms. The Morgan fingerprint density at radius 1 is 1.12 bits per heavy atom. The van der Waals surface area contributed by atoms with Crippen LogP contribution in [-0.4, -0.2) is 24.5 Å². The van der Waals surface area contributed by atoms with Gasteiger partial charge in [-0.25, -0.2) is 4.79 Å². The van der Waals surface area contributed by atoms with E-state index in [-0.39, 0.29) is 18.0 Å². The van der Waals surface area contributed by atoms with E-state index in [1.165, 1.54) is 0 Å². The number of rotatable bonds is 10. The minimum absolute atomic E-state index is 0.0501. The van der Waals surface area contributed by atoms with Crippen LogP contribution in [0.15, 0.2) is 24.3 Å². The summed E-state index contributed by atoms with van der Waals surface area (Å²) >= 11 is 0. The number of urea groups is 1. The first-order valence-corrected chi connectivity index (χ1v) is 9.25. The average molecular weight is 346 g/mol. The Bertz CT molecular complexity index is 555. The molecule has 1 aromatic rings. The highest BCUT2D eigenvalue weighted by Gasteiger charge is 2.23. The van der Waals surface area contributed by atoms with Crippen LogP contribution in [0.2, 0.25) is 0 Å². The number of carbonyl (C=O) groups excluding carboxylic acids is 2. The summed E-state index contributed by atoms with van der Waals surface area (Å²) in [6.45, 7) is 2.69. The predicted molar refractivity (Wildman–Crippen MR) is 100 cm³/mol. The van der Waals surface area contributed by atoms with Gasteiger partial charge in [0.05, 0.1) is 6.04 Å². The molecule has 1 atom stereocenters. The highest BCUT2D eigenvalue weighted by Crippen LogP contribution is 2.19. The number of nitrogens with one attached hydrogen (secondary N) is 3. The molecule has 1 unspecified atom stereocenters. The molecule has 5 N–H and O–H groups in total. The Balaban J connectivity index is 1.70. The molecule has 0 aromatic heterocycles. The monoisotopic (exact) mass is 346 g/mol. The van der Waals surface area contributed by atoms with Crippen LogP contribution < -0.4 is 21.7 Å². The molecule has 1 aliphatic carbocycles. The standard InChI is InChI=1S/C19H30N4O2/c1-14(21-18(24)6-4-2-3-5-13-20)15-7-9-16(10-8-15)22-19(25)23-17-11-12-17/h7-10,14,17H,2-6,11-13,20H2,1H3,(H,21,24)(H2,22,23,25). The molecule has 1 aromatic carbocycles. The largest absolute Gasteiger partial charge is 0.350 e. The van der Waals surface area contributed by atoms with E-state index >= 15 is 0 Å². The quantitative estimate of drug-likeness (QED) is 0.490. The zero-order chi connectivity index (χ0) is 18.1. The number of hydrogen-bond donors (Lipinski definition) is 4. The van der Waals surface area contributed by atoms with Gasteiger partial charge in [0, 0.05) is 18.2 Å². The average Bonchev–Trinajstić information content (AvgIpc) is 3.39. The zero-order valence-corrected chi connectivity index (χ0v) is 15.0. The van der Waals surface area contributed by atoms with Crippen LogP contribution in [0.1, 0.15) is 63.5 Å². The number of carbonyl (C=O) groups is 2. The van der Waals surface area contributed by atoms with Crippen LogP contribution in [0.4, 0.5) is 10.5 Å². The van der Waals surface area contributed by atoms with Gasteiger partial charge in [0.25, 0.3) is 0 Å². The number of nitrogens with two attached hydrogens (primary N) is 1. The molecule has 6 nitrogen and oxygen atoms in total. The molecule has 0 radical (unpaired) electrons. The van der Waals surface area contributed by atoms with Crippen molar-refractivity contribution in [3.8, 4) is 0 Å². The van der Waals surface area contributed by atoms with E-state index in [4.69, 9.17) is 5.73 Å². The zero-order valence-electron chi connectivity index (χ0n) is 15.0. The Labute approximate surface area is 149 Å². The molecule has 0 aliphatic heterocycles. The fourth-order valence-electron chi connectivity index (χ4n) is 2.62. The van der Waals surface area contributed by atoms with E-state index in [1.807, 2.05) is 31.2 Å². The van der Waals surface area contributed by atoms with E-state index in [2.05, 4.69) is 16.0 Å². The molecular formula is C19H30N4O2. The Hall–Kier alpha value is -2.08. The van der Waals surface area contributed by atoms with Gasteiger partial charge in [0.1, 0.15) is 0 Å². The summed E-state index contributed by atoms with van der Waals surface area (Å²) in [5.41, 5.74) is 7.22. The number of hydrogen-bond acceptors (Lipinski definition) is 3. The number of anilines is 1. The highest BCUT2D eigenvalue weighted by molar-refractivity contribution is 5.89. The lowest BCUT2D eigenvalue weighted by Crippen LogP contribution is -2.30. The summed E-state index contributed by atoms with van der Waals surface area (Å²) in [5, 5.41) is 8.72. The highest BCUT2D eigenvalue weighted by atomic mass is 16.2. The van der Waals surface area contributed by atoms with Crippen LogP contribution in [0.25, 0.3) is 0 Å². The van der Waals surface area contributed by atoms with Crippen LogP contribution >= 0.6 is 0 Å². The van der Waals surface area contributed by atoms with E-state index in [0.717, 1.165) is 56.3 Å². The molecule has 6 heteroatoms. The van der Waals surface area contributed by atoms with Crippen molar-refractivity contribution in [2.45, 2.75) is 64.0 Å². The second-order valence-electron chi connectivity index (χ2n) is 6.74. The van der Waals surface area contributed by atoms with Gasteiger partial charge in [0.15, 0.2) is 0 Å². The van der Waals surface area contributed by atoms with Crippen LogP contribution in [-0.2, 0) is 4.79 Å². The van der Waals surface area contributed by atoms with E-state index in [0.29, 0.717) is 12.5 Å². The first kappa shape index (κ1) is 19.2. The van der Waals surface area contributed by atoms with Crippen LogP contribution in [0.5, 0.6) is 0 Å². The maximum absolute atomic E-state index is 12.0. The molecule has 0 saturated heterocycles. The third-order valence-electron chi connectivity index (χ3n) is 4.32. The van der Waals surface area contributed by atoms with Crippen molar-refractivity contribution in [1.82, 2.24) is 10.6 Å². The van der Waals surface area contributed by atoms with Crippen LogP contribution in [0.3, 0.4) is 0 Å². The smallest absolute Gasteiger partial charge is 0.319 e. The lowest BCUT2D eigenvalue weighted by molar-refractivity contribution is -0.121. The first-order valence-electron chi connectivity index (χ1n) is 9.25. The van der Waals surface area contributed by atoms with Crippen LogP contribution in [0, 0.1) is 0 Å². The molecule has 138 valence electrons. The Morgan fingerprint density at radius 2 is 1.80 bits per heavy atom. The Morgan fingerprint density at radius 3 is 2.44 bits per heavy atom. The van der Waals surface area contributed by atoms with Gasteiger partial charge < -0.3 is 21.7 Å². The number of unbranched alkanes of at least 4 members (excludes halogenated alkanes) is 3. The molecule has 0 heterocycles. The molecule has 0 spiro atoms. The topological polar surface area (TPSA) is 96.2 Å². The fourth-order valence-corrected chi connectivity index (χ4v) is 2.62. The third-order valence-corrected chi connectivity index (χ3v) is 4.32. The van der Waals surface area contributed by atoms with Crippen molar-refractivity contribution in [2.75, 3.05) is 11.9 Å². The SMILES string of the molecule is CC(NC(=O)CCCCCCN)c1ccc(NC(=O)NC2CC2)cc1. The van der Waals surface area contributed by atoms with Crippen molar-refractivity contribution in [1.29, 1.82) is 0 Å². The summed E-state index contributed by atoms with van der Waals surface area (Å²) in [7, 11) is 0. The second-order valence-corrected chi connectivity index (χ2v) is 6.74. The molecular weight excluding hydrogens is 316 g/mol. The summed E-state index contributed by atoms with van der Waals surface area (Å²) in [5.74, 6) is 0.0752. The molecule has 25 heavy (non-hydrogen) atoms. The van der Waals surface area contributed by atoms with Gasteiger partial charge in [-0.1, -0.05) is 25.0 Å². The molecule has 1 saturated carbocycles. The van der Waals surface area contributed by atoms with Gasteiger partial charge >= 0.3 is 6.03 Å². The fraction of sp³-hybridized carbons (Fsp3) is 0.579. The second kappa shape index (κ2) is 10.0. The maximum Gasteiger partial charge on any atom is 0.319 e. The number of benzene rings is 1. The van der Waals surface area contributed by atoms with E-state index in [9.17, 15) is 9.59 Å². The molecule has 2 rings (SSSR count). The van der Waals surface area contributed by atoms with E-state index < -0.39 is 0 Å². The molecule has 1 aliphatic rings. The predicted octanol–water partition coefficient (Wildman–Crippen LogP) is 3.06. The van der Waals surface area contributed by atoms with Crippen molar-refractivity contribution in [2.24, 2.45) is 5.73 Å². The summed E-state index contributed by atoms with van der Waals surface area (Å²) in [4.78, 5) is 23.7. The summed E-state index contributed by atoms with van der Waals surface area (Å²) < 4.78 is 0. The summed E-state index contributed by atoms with van der Waals surface area (Å²) in [6, 6.07) is 7.70. The minimum atomic E-state index is -0.161. The lowest BCUT2D eigenvalue weighted by atomic mass is 10.1. The van der Waals surface area contributed by atoms with Gasteiger partial charge in [-0.05, 0) is 56.8 Å². The van der Waals surface area contributed by atoms with Gasteiger partial charge in [-0.2, -0.15) is 0 Å². The van der Waals surface area contributed by atoms with Crippen molar-refractivity contribution in [3.63, 3.8) is 0 Å². The number of amides is 3. The van der Waals surface area contributed by atoms with Crippen molar-refractivity contribution < 1.29 is 9.59 Å². The van der Waals surface area contributed by atoms with Gasteiger partial charge in [-0.3, -0.25) is 4.79 Å². The minimum Gasteiger partial charge on any atom is -0.350 e. The molecule has 1 fully saturated rings. The molecule has 3 amide bonds.